The molecule has 1 fully saturated rings. The quantitative estimate of drug-likeness (QED) is 0.461. The molecule has 0 bridgehead atoms. The molecule has 2 heterocycles. The zero-order valence-corrected chi connectivity index (χ0v) is 17.8. The largest absolute Gasteiger partial charge is 0.463 e. The van der Waals surface area contributed by atoms with Crippen molar-refractivity contribution in [1.82, 2.24) is 9.55 Å². The van der Waals surface area contributed by atoms with Gasteiger partial charge in [0.25, 0.3) is 0 Å². The molecule has 148 valence electrons. The average Bonchev–Trinajstić information content (AvgIpc) is 2.84. The number of nitrogens with one attached hydrogen (secondary N) is 1. The van der Waals surface area contributed by atoms with Crippen molar-refractivity contribution >= 4 is 55.5 Å². The minimum atomic E-state index is -1.01. The molecule has 0 unspecified atom stereocenters. The van der Waals surface area contributed by atoms with E-state index in [4.69, 9.17) is 14.2 Å². The van der Waals surface area contributed by atoms with Gasteiger partial charge in [-0.05, 0) is 15.9 Å². The Labute approximate surface area is 170 Å². The van der Waals surface area contributed by atoms with Crippen LogP contribution in [0.5, 0.6) is 0 Å². The van der Waals surface area contributed by atoms with Crippen molar-refractivity contribution in [1.29, 1.82) is 0 Å². The molecule has 10 nitrogen and oxygen atoms in total. The van der Waals surface area contributed by atoms with E-state index in [0.717, 1.165) is 4.57 Å². The fourth-order valence-electron chi connectivity index (χ4n) is 2.45. The number of amides is 1. The number of aromatic nitrogens is 2. The standard InChI is InChI=1S/C15H17Br2N3O7/c1-6(21)18-13-9(16)4-20(15(24)19-13)14-12(26-8(3)23)11(17)10(27-14)5-25-7(2)22/h4,10-12,14H,5H2,1-3H3,(H,18,19,21,24)/t10-,11+,12-,14-/m1/s1. The minimum Gasteiger partial charge on any atom is -0.463 e. The van der Waals surface area contributed by atoms with E-state index in [-0.39, 0.29) is 12.4 Å². The highest BCUT2D eigenvalue weighted by atomic mass is 79.9. The van der Waals surface area contributed by atoms with Gasteiger partial charge in [0.05, 0.1) is 9.30 Å². The van der Waals surface area contributed by atoms with Gasteiger partial charge >= 0.3 is 17.6 Å². The number of hydrogen-bond donors (Lipinski definition) is 1. The molecule has 1 saturated heterocycles. The summed E-state index contributed by atoms with van der Waals surface area (Å²) >= 11 is 6.61. The van der Waals surface area contributed by atoms with E-state index >= 15 is 0 Å². The molecule has 0 aromatic carbocycles. The fraction of sp³-hybridized carbons (Fsp3) is 0.533. The normalized spacial score (nSPS) is 24.3. The Hall–Kier alpha value is -1.79. The molecule has 0 radical (unpaired) electrons. The molecule has 27 heavy (non-hydrogen) atoms. The average molecular weight is 511 g/mol. The van der Waals surface area contributed by atoms with Gasteiger partial charge < -0.3 is 19.5 Å². The van der Waals surface area contributed by atoms with E-state index < -0.39 is 46.8 Å². The lowest BCUT2D eigenvalue weighted by Gasteiger charge is -2.22. The Morgan fingerprint density at radius 2 is 1.96 bits per heavy atom. The van der Waals surface area contributed by atoms with Crippen molar-refractivity contribution in [3.63, 3.8) is 0 Å². The highest BCUT2D eigenvalue weighted by Gasteiger charge is 2.47. The molecule has 1 amide bonds. The van der Waals surface area contributed by atoms with E-state index in [1.807, 2.05) is 0 Å². The van der Waals surface area contributed by atoms with E-state index in [9.17, 15) is 19.2 Å². The van der Waals surface area contributed by atoms with Gasteiger partial charge in [-0.25, -0.2) is 4.79 Å². The zero-order chi connectivity index (χ0) is 20.3. The monoisotopic (exact) mass is 509 g/mol. The van der Waals surface area contributed by atoms with Crippen LogP contribution in [0.3, 0.4) is 0 Å². The first-order valence-electron chi connectivity index (χ1n) is 7.76. The molecular formula is C15H17Br2N3O7. The summed E-state index contributed by atoms with van der Waals surface area (Å²) in [5.41, 5.74) is -0.725. The van der Waals surface area contributed by atoms with Gasteiger partial charge in [-0.3, -0.25) is 19.0 Å². The fourth-order valence-corrected chi connectivity index (χ4v) is 3.51. The van der Waals surface area contributed by atoms with Gasteiger partial charge in [0.1, 0.15) is 12.7 Å². The molecule has 1 aliphatic heterocycles. The predicted molar refractivity (Wildman–Crippen MR) is 99.3 cm³/mol. The van der Waals surface area contributed by atoms with Crippen molar-refractivity contribution in [2.45, 2.75) is 44.0 Å². The molecule has 4 atom stereocenters. The lowest BCUT2D eigenvalue weighted by molar-refractivity contribution is -0.153. The second kappa shape index (κ2) is 8.93. The van der Waals surface area contributed by atoms with Crippen molar-refractivity contribution in [3.8, 4) is 0 Å². The summed E-state index contributed by atoms with van der Waals surface area (Å²) in [7, 11) is 0. The number of ether oxygens (including phenoxy) is 3. The summed E-state index contributed by atoms with van der Waals surface area (Å²) in [6, 6.07) is 0. The van der Waals surface area contributed by atoms with Crippen molar-refractivity contribution < 1.29 is 28.6 Å². The first-order valence-corrected chi connectivity index (χ1v) is 9.47. The summed E-state index contributed by atoms with van der Waals surface area (Å²) < 4.78 is 17.5. The Balaban J connectivity index is 2.36. The van der Waals surface area contributed by atoms with Gasteiger partial charge in [-0.15, -0.1) is 0 Å². The van der Waals surface area contributed by atoms with Gasteiger partial charge in [0, 0.05) is 27.0 Å². The Bertz CT molecular complexity index is 813. The van der Waals surface area contributed by atoms with Crippen molar-refractivity contribution in [3.05, 3.63) is 21.2 Å². The molecule has 0 spiro atoms. The maximum absolute atomic E-state index is 12.4. The molecule has 0 aliphatic carbocycles. The Morgan fingerprint density at radius 3 is 2.52 bits per heavy atom. The predicted octanol–water partition coefficient (Wildman–Crippen LogP) is 1.12. The molecule has 2 rings (SSSR count). The first kappa shape index (κ1) is 21.5. The van der Waals surface area contributed by atoms with Gasteiger partial charge in [-0.1, -0.05) is 15.9 Å². The SMILES string of the molecule is CC(=O)Nc1nc(=O)n([C@@H]2O[C@H](COC(C)=O)[C@H](Br)[C@H]2OC(C)=O)cc1Br. The summed E-state index contributed by atoms with van der Waals surface area (Å²) in [6.45, 7) is 3.68. The van der Waals surface area contributed by atoms with Crippen LogP contribution >= 0.6 is 31.9 Å². The topological polar surface area (TPSA) is 126 Å². The maximum Gasteiger partial charge on any atom is 0.351 e. The summed E-state index contributed by atoms with van der Waals surface area (Å²) in [5, 5.41) is 2.42. The smallest absolute Gasteiger partial charge is 0.351 e. The lowest BCUT2D eigenvalue weighted by atomic mass is 10.2. The molecule has 1 aromatic heterocycles. The van der Waals surface area contributed by atoms with E-state index in [1.165, 1.54) is 27.0 Å². The number of hydrogen-bond acceptors (Lipinski definition) is 8. The number of carbonyl (C=O) groups is 3. The maximum atomic E-state index is 12.4. The molecular weight excluding hydrogens is 494 g/mol. The van der Waals surface area contributed by atoms with Crippen LogP contribution in [0.25, 0.3) is 0 Å². The van der Waals surface area contributed by atoms with E-state index in [0.29, 0.717) is 4.47 Å². The third-order valence-corrected chi connectivity index (χ3v) is 5.18. The first-order chi connectivity index (χ1) is 12.6. The van der Waals surface area contributed by atoms with Gasteiger partial charge in [-0.2, -0.15) is 4.98 Å². The number of alkyl halides is 1. The van der Waals surface area contributed by atoms with Gasteiger partial charge in [0.15, 0.2) is 18.1 Å². The van der Waals surface area contributed by atoms with E-state index in [2.05, 4.69) is 42.2 Å². The van der Waals surface area contributed by atoms with Crippen LogP contribution < -0.4 is 11.0 Å². The minimum absolute atomic E-state index is 0.0534. The lowest BCUT2D eigenvalue weighted by Crippen LogP contribution is -2.37. The molecule has 1 aliphatic rings. The highest BCUT2D eigenvalue weighted by molar-refractivity contribution is 9.10. The van der Waals surface area contributed by atoms with Crippen molar-refractivity contribution in [2.24, 2.45) is 0 Å². The van der Waals surface area contributed by atoms with Crippen LogP contribution in [0.4, 0.5) is 5.82 Å². The number of nitrogens with zero attached hydrogens (tertiary/aromatic N) is 2. The van der Waals surface area contributed by atoms with Gasteiger partial charge in [0.2, 0.25) is 5.91 Å². The summed E-state index contributed by atoms with van der Waals surface area (Å²) in [6.07, 6.45) is -1.18. The Kier molecular flexibility index (Phi) is 7.12. The van der Waals surface area contributed by atoms with Crippen LogP contribution in [0.1, 0.15) is 27.0 Å². The van der Waals surface area contributed by atoms with Crippen LogP contribution in [0.15, 0.2) is 15.5 Å². The second-order valence-corrected chi connectivity index (χ2v) is 7.61. The molecule has 12 heteroatoms. The molecule has 1 N–H and O–H groups in total. The highest BCUT2D eigenvalue weighted by Crippen LogP contribution is 2.36. The number of halogens is 2. The van der Waals surface area contributed by atoms with Crippen LogP contribution in [0.2, 0.25) is 0 Å². The van der Waals surface area contributed by atoms with E-state index in [1.54, 1.807) is 0 Å². The molecule has 0 saturated carbocycles. The number of carbonyl (C=O) groups excluding carboxylic acids is 3. The van der Waals surface area contributed by atoms with Crippen molar-refractivity contribution in [2.75, 3.05) is 11.9 Å². The Morgan fingerprint density at radius 1 is 1.30 bits per heavy atom. The third kappa shape index (κ3) is 5.36. The van der Waals surface area contributed by atoms with Crippen LogP contribution in [-0.2, 0) is 28.6 Å². The zero-order valence-electron chi connectivity index (χ0n) is 14.6. The number of anilines is 1. The van der Waals surface area contributed by atoms with Crippen LogP contribution in [-0.4, -0.2) is 51.0 Å². The number of esters is 2. The second-order valence-electron chi connectivity index (χ2n) is 5.69. The third-order valence-electron chi connectivity index (χ3n) is 3.49. The number of rotatable bonds is 5. The molecule has 1 aromatic rings. The van der Waals surface area contributed by atoms with Crippen LogP contribution in [0, 0.1) is 0 Å². The summed E-state index contributed by atoms with van der Waals surface area (Å²) in [5.74, 6) is -1.40. The summed E-state index contributed by atoms with van der Waals surface area (Å²) in [4.78, 5) is 49.4.